The molecule has 3 aliphatic heterocycles. The van der Waals surface area contributed by atoms with E-state index in [9.17, 15) is 19.5 Å². The first-order valence-corrected chi connectivity index (χ1v) is 10.8. The monoisotopic (exact) mass is 445 g/mol. The third-order valence-corrected chi connectivity index (χ3v) is 6.82. The van der Waals surface area contributed by atoms with Crippen LogP contribution in [0.25, 0.3) is 5.65 Å². The minimum absolute atomic E-state index is 0.0215. The van der Waals surface area contributed by atoms with Gasteiger partial charge >= 0.3 is 0 Å². The Morgan fingerprint density at radius 2 is 2.03 bits per heavy atom. The van der Waals surface area contributed by atoms with Gasteiger partial charge in [0, 0.05) is 43.5 Å². The number of carbonyl (C=O) groups excluding carboxylic acids is 2. The highest BCUT2D eigenvalue weighted by Crippen LogP contribution is 2.41. The van der Waals surface area contributed by atoms with Gasteiger partial charge in [-0.3, -0.25) is 24.3 Å². The van der Waals surface area contributed by atoms with E-state index < -0.39 is 5.56 Å². The van der Waals surface area contributed by atoms with Crippen molar-refractivity contribution in [2.75, 3.05) is 19.7 Å². The molecule has 0 saturated carbocycles. The summed E-state index contributed by atoms with van der Waals surface area (Å²) in [7, 11) is 0. The molecule has 11 heteroatoms. The van der Waals surface area contributed by atoms with Crippen LogP contribution in [0, 0.1) is 18.8 Å². The van der Waals surface area contributed by atoms with E-state index in [0.717, 1.165) is 25.0 Å². The lowest BCUT2D eigenvalue weighted by Crippen LogP contribution is -2.66. The van der Waals surface area contributed by atoms with Gasteiger partial charge in [0.25, 0.3) is 17.9 Å². The summed E-state index contributed by atoms with van der Waals surface area (Å²) in [5.74, 6) is -0.0129. The number of aromatic nitrogens is 3. The molecule has 0 radical (unpaired) electrons. The van der Waals surface area contributed by atoms with Crippen molar-refractivity contribution in [1.29, 1.82) is 0 Å². The summed E-state index contributed by atoms with van der Waals surface area (Å²) in [4.78, 5) is 54.8. The average molecular weight is 445 g/mol. The first-order valence-electron chi connectivity index (χ1n) is 10.8. The number of carbonyl (C=O) groups is 3. The van der Waals surface area contributed by atoms with Gasteiger partial charge in [-0.05, 0) is 38.0 Å². The van der Waals surface area contributed by atoms with Crippen LogP contribution >= 0.6 is 0 Å². The molecule has 172 valence electrons. The molecule has 4 atom stereocenters. The second kappa shape index (κ2) is 8.73. The molecule has 5 rings (SSSR count). The number of aryl methyl sites for hydroxylation is 1. The van der Waals surface area contributed by atoms with Gasteiger partial charge in [0.05, 0.1) is 12.6 Å². The van der Waals surface area contributed by atoms with Crippen molar-refractivity contribution in [3.63, 3.8) is 0 Å². The minimum Gasteiger partial charge on any atom is -0.483 e. The molecule has 2 aromatic rings. The second-order valence-corrected chi connectivity index (χ2v) is 8.69. The standard InChI is InChI=1S/C20H25N5O4.CH2O2/c1-11-5-17-21-7-14(20(29)25(17)22-11)19(28)23-8-12-6-13(9-23)16(10-26)24-15(12)3-2-4-18(24)27;2-1-3/h5,7,12-13,15-16,22,26H,2-4,6,8-10H2,1H3;1H,(H,2,3)/t12-,13+,15+,16+;/m1./s1. The number of hydrogen-bond acceptors (Lipinski definition) is 6. The predicted molar refractivity (Wildman–Crippen MR) is 112 cm³/mol. The number of aliphatic hydroxyl groups excluding tert-OH is 1. The van der Waals surface area contributed by atoms with E-state index in [-0.39, 0.29) is 54.4 Å². The number of hydrogen-bond donors (Lipinski definition) is 3. The maximum absolute atomic E-state index is 13.2. The maximum atomic E-state index is 13.2. The van der Waals surface area contributed by atoms with Crippen LogP contribution in [-0.2, 0) is 9.59 Å². The smallest absolute Gasteiger partial charge is 0.290 e. The van der Waals surface area contributed by atoms with E-state index in [2.05, 4.69) is 10.1 Å². The molecule has 11 nitrogen and oxygen atoms in total. The van der Waals surface area contributed by atoms with E-state index in [0.29, 0.717) is 25.2 Å². The Kier molecular flexibility index (Phi) is 6.00. The van der Waals surface area contributed by atoms with Crippen molar-refractivity contribution in [3.8, 4) is 0 Å². The zero-order valence-corrected chi connectivity index (χ0v) is 17.8. The Morgan fingerprint density at radius 1 is 1.31 bits per heavy atom. The van der Waals surface area contributed by atoms with Crippen molar-refractivity contribution in [2.24, 2.45) is 11.8 Å². The summed E-state index contributed by atoms with van der Waals surface area (Å²) in [5.41, 5.74) is 0.911. The largest absolute Gasteiger partial charge is 0.483 e. The molecule has 3 fully saturated rings. The van der Waals surface area contributed by atoms with E-state index in [1.54, 1.807) is 11.0 Å². The van der Waals surface area contributed by atoms with Crippen LogP contribution in [0.5, 0.6) is 0 Å². The fourth-order valence-electron chi connectivity index (χ4n) is 5.57. The molecule has 3 saturated heterocycles. The zero-order valence-electron chi connectivity index (χ0n) is 17.8. The van der Waals surface area contributed by atoms with Gasteiger partial charge in [-0.25, -0.2) is 9.50 Å². The number of H-pyrrole nitrogens is 1. The SMILES string of the molecule is Cc1cc2ncc(C(=O)N3C[C@H]4C[C@@H](C3)[C@H](CO)N3C(=O)CCC[C@@H]43)c(=O)n2[nH]1.O=CO. The number of aromatic amines is 1. The van der Waals surface area contributed by atoms with Crippen molar-refractivity contribution in [1.82, 2.24) is 24.4 Å². The molecule has 2 bridgehead atoms. The van der Waals surface area contributed by atoms with Crippen molar-refractivity contribution in [3.05, 3.63) is 33.9 Å². The summed E-state index contributed by atoms with van der Waals surface area (Å²) >= 11 is 0. The predicted octanol–water partition coefficient (Wildman–Crippen LogP) is -0.134. The molecule has 32 heavy (non-hydrogen) atoms. The van der Waals surface area contributed by atoms with Gasteiger partial charge in [-0.2, -0.15) is 0 Å². The number of carboxylic acid groups (broad SMARTS) is 1. The fraction of sp³-hybridized carbons (Fsp3) is 0.571. The van der Waals surface area contributed by atoms with Crippen molar-refractivity contribution in [2.45, 2.75) is 44.7 Å². The Morgan fingerprint density at radius 3 is 2.75 bits per heavy atom. The number of likely N-dealkylation sites (tertiary alicyclic amines) is 1. The summed E-state index contributed by atoms with van der Waals surface area (Å²) in [6.45, 7) is 2.43. The van der Waals surface area contributed by atoms with Gasteiger partial charge < -0.3 is 20.0 Å². The highest BCUT2D eigenvalue weighted by molar-refractivity contribution is 5.94. The number of nitrogens with zero attached hydrogens (tertiary/aromatic N) is 4. The lowest BCUT2D eigenvalue weighted by molar-refractivity contribution is -0.154. The highest BCUT2D eigenvalue weighted by Gasteiger charge is 2.50. The Bertz CT molecular complexity index is 1080. The molecule has 0 spiro atoms. The molecular weight excluding hydrogens is 418 g/mol. The first kappa shape index (κ1) is 22.0. The lowest BCUT2D eigenvalue weighted by Gasteiger charge is -2.56. The van der Waals surface area contributed by atoms with Crippen LogP contribution in [-0.4, -0.2) is 84.7 Å². The number of rotatable bonds is 2. The molecule has 0 aromatic carbocycles. The number of nitrogens with one attached hydrogen (secondary N) is 1. The molecule has 0 unspecified atom stereocenters. The first-order chi connectivity index (χ1) is 15.4. The Hall–Kier alpha value is -3.21. The van der Waals surface area contributed by atoms with Gasteiger partial charge in [-0.1, -0.05) is 0 Å². The molecule has 5 heterocycles. The summed E-state index contributed by atoms with van der Waals surface area (Å²) in [5, 5.41) is 19.8. The number of fused-ring (bicyclic) bond motifs is 5. The van der Waals surface area contributed by atoms with E-state index in [4.69, 9.17) is 9.90 Å². The Labute approximate surface area is 183 Å². The normalized spacial score (nSPS) is 26.9. The molecule has 2 amide bonds. The number of aliphatic hydroxyl groups is 1. The van der Waals surface area contributed by atoms with Crippen LogP contribution in [0.15, 0.2) is 17.1 Å². The van der Waals surface area contributed by atoms with E-state index >= 15 is 0 Å². The van der Waals surface area contributed by atoms with Gasteiger partial charge in [0.1, 0.15) is 5.56 Å². The third-order valence-electron chi connectivity index (χ3n) is 6.82. The molecule has 2 aromatic heterocycles. The highest BCUT2D eigenvalue weighted by atomic mass is 16.3. The van der Waals surface area contributed by atoms with Gasteiger partial charge in [0.2, 0.25) is 5.91 Å². The van der Waals surface area contributed by atoms with Crippen LogP contribution < -0.4 is 5.56 Å². The second-order valence-electron chi connectivity index (χ2n) is 8.69. The van der Waals surface area contributed by atoms with Crippen molar-refractivity contribution >= 4 is 23.9 Å². The quantitative estimate of drug-likeness (QED) is 0.545. The Balaban J connectivity index is 0.000000775. The molecule has 0 aliphatic carbocycles. The van der Waals surface area contributed by atoms with Crippen LogP contribution in [0.3, 0.4) is 0 Å². The maximum Gasteiger partial charge on any atom is 0.290 e. The number of amides is 2. The average Bonchev–Trinajstić information content (AvgIpc) is 3.16. The fourth-order valence-corrected chi connectivity index (χ4v) is 5.57. The topological polar surface area (TPSA) is 148 Å². The molecule has 3 aliphatic rings. The lowest BCUT2D eigenvalue weighted by atomic mass is 9.72. The van der Waals surface area contributed by atoms with Crippen molar-refractivity contribution < 1.29 is 24.6 Å². The third kappa shape index (κ3) is 3.66. The number of piperidine rings is 3. The van der Waals surface area contributed by atoms with E-state index in [1.165, 1.54) is 10.7 Å². The zero-order chi connectivity index (χ0) is 23.0. The van der Waals surface area contributed by atoms with Crippen LogP contribution in [0.4, 0.5) is 0 Å². The summed E-state index contributed by atoms with van der Waals surface area (Å²) in [6.07, 6.45) is 4.54. The molecular formula is C21H27N5O6. The van der Waals surface area contributed by atoms with Crippen LogP contribution in [0.2, 0.25) is 0 Å². The van der Waals surface area contributed by atoms with Crippen LogP contribution in [0.1, 0.15) is 41.7 Å². The molecule has 3 N–H and O–H groups in total. The summed E-state index contributed by atoms with van der Waals surface area (Å²) < 4.78 is 1.30. The van der Waals surface area contributed by atoms with E-state index in [1.807, 2.05) is 11.8 Å². The van der Waals surface area contributed by atoms with Gasteiger partial charge in [-0.15, -0.1) is 0 Å². The summed E-state index contributed by atoms with van der Waals surface area (Å²) in [6, 6.07) is 1.56. The minimum atomic E-state index is -0.406. The van der Waals surface area contributed by atoms with Gasteiger partial charge in [0.15, 0.2) is 5.65 Å².